The topological polar surface area (TPSA) is 111 Å². The Labute approximate surface area is 216 Å². The van der Waals surface area contributed by atoms with E-state index in [2.05, 4.69) is 30.6 Å². The first-order chi connectivity index (χ1) is 18.5. The molecular weight excluding hydrogens is 494 g/mol. The van der Waals surface area contributed by atoms with Gasteiger partial charge in [0, 0.05) is 23.5 Å². The molecule has 0 saturated carbocycles. The molecule has 11 heteroatoms. The van der Waals surface area contributed by atoms with Crippen LogP contribution in [0.1, 0.15) is 23.7 Å². The van der Waals surface area contributed by atoms with E-state index in [1.807, 2.05) is 6.92 Å². The Morgan fingerprint density at radius 3 is 2.79 bits per heavy atom. The molecule has 0 bridgehead atoms. The molecule has 9 nitrogen and oxygen atoms in total. The van der Waals surface area contributed by atoms with Crippen LogP contribution in [0.15, 0.2) is 66.2 Å². The first-order valence-electron chi connectivity index (χ1n) is 11.8. The largest absolute Gasteiger partial charge is 0.486 e. The second-order valence-electron chi connectivity index (χ2n) is 8.10. The summed E-state index contributed by atoms with van der Waals surface area (Å²) in [6.45, 7) is 2.71. The second-order valence-corrected chi connectivity index (χ2v) is 8.10. The minimum Gasteiger partial charge on any atom is -0.486 e. The van der Waals surface area contributed by atoms with Gasteiger partial charge in [0.25, 0.3) is 5.91 Å². The van der Waals surface area contributed by atoms with Crippen LogP contribution in [0, 0.1) is 11.6 Å². The van der Waals surface area contributed by atoms with Gasteiger partial charge >= 0.3 is 0 Å². The van der Waals surface area contributed by atoms with Gasteiger partial charge in [-0.15, -0.1) is 0 Å². The molecule has 0 radical (unpaired) electrons. The molecule has 5 rings (SSSR count). The van der Waals surface area contributed by atoms with E-state index in [1.165, 1.54) is 24.7 Å². The molecule has 0 unspecified atom stereocenters. The number of nitrogens with zero attached hydrogens (tertiary/aromatic N) is 4. The number of carbonyl (C=O) groups excluding carboxylic acids is 1. The van der Waals surface area contributed by atoms with Gasteiger partial charge in [-0.1, -0.05) is 6.92 Å². The van der Waals surface area contributed by atoms with Gasteiger partial charge in [-0.2, -0.15) is 0 Å². The van der Waals surface area contributed by atoms with Crippen LogP contribution in [-0.4, -0.2) is 40.3 Å². The standard InChI is InChI=1S/C27H22F2N6O3/c1-2-9-31-20-14-30-15-33-24(20)17-4-3-10-32-26(17)35-25-18(28)6-7-19(23(25)29)34-27(36)16-5-8-21-22(13-16)38-12-11-37-21/h3-10,13-15H,2,11-12H2,1H3,(H,32,35)(H,34,36). The molecule has 2 aromatic carbocycles. The van der Waals surface area contributed by atoms with Crippen LogP contribution in [0.3, 0.4) is 0 Å². The molecule has 2 N–H and O–H groups in total. The predicted molar refractivity (Wildman–Crippen MR) is 139 cm³/mol. The summed E-state index contributed by atoms with van der Waals surface area (Å²) in [4.78, 5) is 29.8. The van der Waals surface area contributed by atoms with Gasteiger partial charge in [-0.3, -0.25) is 9.79 Å². The normalized spacial score (nSPS) is 12.4. The Bertz CT molecular complexity index is 1530. The third kappa shape index (κ3) is 5.12. The number of anilines is 3. The predicted octanol–water partition coefficient (Wildman–Crippen LogP) is 5.70. The smallest absolute Gasteiger partial charge is 0.255 e. The molecule has 0 spiro atoms. The summed E-state index contributed by atoms with van der Waals surface area (Å²) in [6.07, 6.45) is 6.78. The van der Waals surface area contributed by atoms with Gasteiger partial charge in [0.1, 0.15) is 48.2 Å². The molecule has 0 atom stereocenters. The van der Waals surface area contributed by atoms with Crippen LogP contribution in [0.2, 0.25) is 0 Å². The lowest BCUT2D eigenvalue weighted by Gasteiger charge is -2.19. The van der Waals surface area contributed by atoms with Gasteiger partial charge in [-0.25, -0.2) is 23.7 Å². The molecule has 4 aromatic rings. The zero-order valence-corrected chi connectivity index (χ0v) is 20.2. The summed E-state index contributed by atoms with van der Waals surface area (Å²) in [5, 5.41) is 5.21. The molecule has 0 fully saturated rings. The van der Waals surface area contributed by atoms with Crippen molar-refractivity contribution in [1.29, 1.82) is 0 Å². The monoisotopic (exact) mass is 516 g/mol. The van der Waals surface area contributed by atoms with E-state index in [9.17, 15) is 9.18 Å². The molecule has 0 aliphatic carbocycles. The summed E-state index contributed by atoms with van der Waals surface area (Å²) in [6, 6.07) is 10.2. The molecule has 1 aliphatic heterocycles. The highest BCUT2D eigenvalue weighted by Gasteiger charge is 2.21. The van der Waals surface area contributed by atoms with E-state index in [4.69, 9.17) is 9.47 Å². The third-order valence-corrected chi connectivity index (χ3v) is 5.56. The maximum atomic E-state index is 15.5. The van der Waals surface area contributed by atoms with E-state index < -0.39 is 23.2 Å². The van der Waals surface area contributed by atoms with E-state index in [0.29, 0.717) is 48.1 Å². The Morgan fingerprint density at radius 1 is 1.11 bits per heavy atom. The number of halogens is 2. The molecule has 1 amide bonds. The van der Waals surface area contributed by atoms with Crippen molar-refractivity contribution < 1.29 is 23.0 Å². The van der Waals surface area contributed by atoms with Gasteiger partial charge in [0.15, 0.2) is 17.3 Å². The fourth-order valence-electron chi connectivity index (χ4n) is 3.77. The highest BCUT2D eigenvalue weighted by molar-refractivity contribution is 6.05. The fraction of sp³-hybridized carbons (Fsp3) is 0.148. The van der Waals surface area contributed by atoms with E-state index in [-0.39, 0.29) is 17.1 Å². The lowest BCUT2D eigenvalue weighted by molar-refractivity contribution is 0.102. The average molecular weight is 517 g/mol. The van der Waals surface area contributed by atoms with Gasteiger partial charge in [-0.05, 0) is 48.9 Å². The number of fused-ring (bicyclic) bond motifs is 1. The van der Waals surface area contributed by atoms with Crippen molar-refractivity contribution in [3.8, 4) is 22.8 Å². The number of aromatic nitrogens is 3. The minimum atomic E-state index is -1.00. The number of benzene rings is 2. The van der Waals surface area contributed by atoms with Crippen molar-refractivity contribution in [3.63, 3.8) is 0 Å². The number of amides is 1. The van der Waals surface area contributed by atoms with Crippen molar-refractivity contribution in [2.75, 3.05) is 23.8 Å². The first-order valence-corrected chi connectivity index (χ1v) is 11.8. The fourth-order valence-corrected chi connectivity index (χ4v) is 3.77. The number of pyridine rings is 1. The summed E-state index contributed by atoms with van der Waals surface area (Å²) in [7, 11) is 0. The number of ether oxygens (including phenoxy) is 2. The lowest BCUT2D eigenvalue weighted by atomic mass is 10.1. The number of rotatable bonds is 7. The third-order valence-electron chi connectivity index (χ3n) is 5.56. The van der Waals surface area contributed by atoms with Gasteiger partial charge in [0.05, 0.1) is 11.9 Å². The summed E-state index contributed by atoms with van der Waals surface area (Å²) in [5.74, 6) is -1.39. The molecular formula is C27H22F2N6O3. The highest BCUT2D eigenvalue weighted by Crippen LogP contribution is 2.36. The van der Waals surface area contributed by atoms with Crippen LogP contribution >= 0.6 is 0 Å². The maximum Gasteiger partial charge on any atom is 0.255 e. The molecule has 38 heavy (non-hydrogen) atoms. The van der Waals surface area contributed by atoms with Crippen molar-refractivity contribution in [2.45, 2.75) is 13.3 Å². The minimum absolute atomic E-state index is 0.146. The average Bonchev–Trinajstić information content (AvgIpc) is 2.95. The first kappa shape index (κ1) is 24.8. The SMILES string of the molecule is CCC=Nc1cncnc1-c1cccnc1Nc1c(F)ccc(NC(=O)c2ccc3c(c2)OCCO3)c1F. The molecule has 3 heterocycles. The molecule has 2 aromatic heterocycles. The van der Waals surface area contributed by atoms with Crippen molar-refractivity contribution >= 4 is 35.0 Å². The Kier molecular flexibility index (Phi) is 7.16. The van der Waals surface area contributed by atoms with Crippen molar-refractivity contribution in [3.05, 3.63) is 78.4 Å². The molecule has 1 aliphatic rings. The molecule has 192 valence electrons. The van der Waals surface area contributed by atoms with Gasteiger partial charge in [0.2, 0.25) is 0 Å². The summed E-state index contributed by atoms with van der Waals surface area (Å²) in [5.41, 5.74) is 0.890. The zero-order chi connectivity index (χ0) is 26.5. The van der Waals surface area contributed by atoms with E-state index in [0.717, 1.165) is 12.1 Å². The van der Waals surface area contributed by atoms with Crippen LogP contribution in [0.4, 0.5) is 31.7 Å². The van der Waals surface area contributed by atoms with E-state index in [1.54, 1.807) is 30.6 Å². The Hall–Kier alpha value is -4.93. The van der Waals surface area contributed by atoms with Gasteiger partial charge < -0.3 is 20.1 Å². The zero-order valence-electron chi connectivity index (χ0n) is 20.2. The number of hydrogen-bond donors (Lipinski definition) is 2. The van der Waals surface area contributed by atoms with Crippen LogP contribution in [0.25, 0.3) is 11.3 Å². The number of hydrogen-bond acceptors (Lipinski definition) is 8. The lowest BCUT2D eigenvalue weighted by Crippen LogP contribution is -2.17. The molecule has 0 saturated heterocycles. The maximum absolute atomic E-state index is 15.5. The van der Waals surface area contributed by atoms with Crippen LogP contribution in [-0.2, 0) is 0 Å². The number of nitrogens with one attached hydrogen (secondary N) is 2. The van der Waals surface area contributed by atoms with Crippen molar-refractivity contribution in [2.24, 2.45) is 4.99 Å². The number of carbonyl (C=O) groups is 1. The van der Waals surface area contributed by atoms with E-state index >= 15 is 4.39 Å². The second kappa shape index (κ2) is 11.0. The number of aliphatic imine (C=N–C) groups is 1. The van der Waals surface area contributed by atoms with Crippen molar-refractivity contribution in [1.82, 2.24) is 15.0 Å². The Balaban J connectivity index is 1.44. The summed E-state index contributed by atoms with van der Waals surface area (Å²) >= 11 is 0. The highest BCUT2D eigenvalue weighted by atomic mass is 19.1. The quantitative estimate of drug-likeness (QED) is 0.303. The van der Waals surface area contributed by atoms with Crippen LogP contribution < -0.4 is 20.1 Å². The van der Waals surface area contributed by atoms with Crippen LogP contribution in [0.5, 0.6) is 11.5 Å². The Morgan fingerprint density at radius 2 is 1.95 bits per heavy atom. The summed E-state index contributed by atoms with van der Waals surface area (Å²) < 4.78 is 41.3.